The van der Waals surface area contributed by atoms with Gasteiger partial charge in [0.25, 0.3) is 0 Å². The Kier molecular flexibility index (Phi) is 6.05. The molecule has 1 fully saturated rings. The molecular weight excluding hydrogens is 252 g/mol. The highest BCUT2D eigenvalue weighted by Gasteiger charge is 2.12. The van der Waals surface area contributed by atoms with Gasteiger partial charge in [-0.1, -0.05) is 26.0 Å². The van der Waals surface area contributed by atoms with Crippen molar-refractivity contribution >= 4 is 17.4 Å². The number of nitrogens with one attached hydrogen (secondary N) is 1. The zero-order valence-electron chi connectivity index (χ0n) is 12.2. The number of benzene rings is 1. The minimum atomic E-state index is 0.505. The van der Waals surface area contributed by atoms with E-state index in [0.29, 0.717) is 6.04 Å². The predicted molar refractivity (Wildman–Crippen MR) is 87.3 cm³/mol. The lowest BCUT2D eigenvalue weighted by Crippen LogP contribution is -2.32. The second-order valence-corrected chi connectivity index (χ2v) is 6.33. The minimum Gasteiger partial charge on any atom is -0.370 e. The molecule has 0 saturated carbocycles. The highest BCUT2D eigenvalue weighted by Crippen LogP contribution is 2.23. The molecule has 0 amide bonds. The molecule has 1 aliphatic rings. The number of nitrogens with zero attached hydrogens (tertiary/aromatic N) is 1. The second-order valence-electron chi connectivity index (χ2n) is 5.11. The van der Waals surface area contributed by atoms with Crippen molar-refractivity contribution in [3.8, 4) is 0 Å². The van der Waals surface area contributed by atoms with Crippen LogP contribution < -0.4 is 10.2 Å². The lowest BCUT2D eigenvalue weighted by molar-refractivity contribution is 0.518. The second kappa shape index (κ2) is 7.81. The summed E-state index contributed by atoms with van der Waals surface area (Å²) >= 11 is 2.06. The summed E-state index contributed by atoms with van der Waals surface area (Å²) in [6.07, 6.45) is 2.35. The van der Waals surface area contributed by atoms with E-state index in [1.807, 2.05) is 0 Å². The fourth-order valence-corrected chi connectivity index (χ4v) is 3.46. The quantitative estimate of drug-likeness (QED) is 0.854. The number of rotatable bonds is 6. The van der Waals surface area contributed by atoms with Crippen molar-refractivity contribution < 1.29 is 0 Å². The maximum absolute atomic E-state index is 3.62. The average molecular weight is 278 g/mol. The van der Waals surface area contributed by atoms with E-state index >= 15 is 0 Å². The van der Waals surface area contributed by atoms with Gasteiger partial charge in [0.05, 0.1) is 0 Å². The number of anilines is 1. The lowest BCUT2D eigenvalue weighted by atomic mass is 10.0. The Morgan fingerprint density at radius 1 is 1.16 bits per heavy atom. The van der Waals surface area contributed by atoms with Gasteiger partial charge in [-0.3, -0.25) is 0 Å². The van der Waals surface area contributed by atoms with Crippen LogP contribution in [0.25, 0.3) is 0 Å². The molecule has 106 valence electrons. The highest BCUT2D eigenvalue weighted by molar-refractivity contribution is 7.99. The van der Waals surface area contributed by atoms with Gasteiger partial charge in [0, 0.05) is 36.3 Å². The molecule has 0 aliphatic carbocycles. The third-order valence-corrected chi connectivity index (χ3v) is 4.66. The van der Waals surface area contributed by atoms with Gasteiger partial charge in [0.2, 0.25) is 0 Å². The zero-order chi connectivity index (χ0) is 13.5. The molecule has 0 spiro atoms. The summed E-state index contributed by atoms with van der Waals surface area (Å²) in [5, 5.41) is 3.62. The zero-order valence-corrected chi connectivity index (χ0v) is 13.0. The van der Waals surface area contributed by atoms with E-state index in [1.165, 1.54) is 42.3 Å². The van der Waals surface area contributed by atoms with Crippen LogP contribution in [0.4, 0.5) is 5.69 Å². The SMILES string of the molecule is CCCNC(CC)c1ccc(N2CCSCC2)cc1. The molecule has 1 unspecified atom stereocenters. The van der Waals surface area contributed by atoms with Crippen LogP contribution in [0.5, 0.6) is 0 Å². The number of hydrogen-bond donors (Lipinski definition) is 1. The van der Waals surface area contributed by atoms with Gasteiger partial charge in [0.1, 0.15) is 0 Å². The first kappa shape index (κ1) is 14.7. The lowest BCUT2D eigenvalue weighted by Gasteiger charge is -2.29. The molecule has 0 radical (unpaired) electrons. The van der Waals surface area contributed by atoms with E-state index in [-0.39, 0.29) is 0 Å². The van der Waals surface area contributed by atoms with E-state index in [1.54, 1.807) is 0 Å². The fraction of sp³-hybridized carbons (Fsp3) is 0.625. The monoisotopic (exact) mass is 278 g/mol. The molecule has 1 atom stereocenters. The fourth-order valence-electron chi connectivity index (χ4n) is 2.56. The first-order chi connectivity index (χ1) is 9.35. The molecule has 2 nitrogen and oxygen atoms in total. The molecular formula is C16H26N2S. The van der Waals surface area contributed by atoms with Gasteiger partial charge in [-0.15, -0.1) is 0 Å². The van der Waals surface area contributed by atoms with Crippen molar-refractivity contribution in [3.05, 3.63) is 29.8 Å². The van der Waals surface area contributed by atoms with Gasteiger partial charge >= 0.3 is 0 Å². The van der Waals surface area contributed by atoms with Gasteiger partial charge in [-0.05, 0) is 37.1 Å². The van der Waals surface area contributed by atoms with Crippen LogP contribution in [0.3, 0.4) is 0 Å². The Morgan fingerprint density at radius 2 is 1.84 bits per heavy atom. The molecule has 1 saturated heterocycles. The molecule has 1 aromatic rings. The van der Waals surface area contributed by atoms with Gasteiger partial charge < -0.3 is 10.2 Å². The van der Waals surface area contributed by atoms with Gasteiger partial charge in [0.15, 0.2) is 0 Å². The van der Waals surface area contributed by atoms with Gasteiger partial charge in [-0.25, -0.2) is 0 Å². The summed E-state index contributed by atoms with van der Waals surface area (Å²) in [6.45, 7) is 7.95. The Morgan fingerprint density at radius 3 is 2.42 bits per heavy atom. The van der Waals surface area contributed by atoms with Crippen molar-refractivity contribution in [2.75, 3.05) is 36.0 Å². The Bertz CT molecular complexity index is 358. The molecule has 1 heterocycles. The third kappa shape index (κ3) is 4.15. The summed E-state index contributed by atoms with van der Waals surface area (Å²) < 4.78 is 0. The van der Waals surface area contributed by atoms with E-state index in [9.17, 15) is 0 Å². The van der Waals surface area contributed by atoms with Crippen LogP contribution in [-0.2, 0) is 0 Å². The van der Waals surface area contributed by atoms with Crippen molar-refractivity contribution in [3.63, 3.8) is 0 Å². The minimum absolute atomic E-state index is 0.505. The van der Waals surface area contributed by atoms with Crippen molar-refractivity contribution in [2.45, 2.75) is 32.7 Å². The predicted octanol–water partition coefficient (Wildman–Crippen LogP) is 3.69. The maximum atomic E-state index is 3.62. The Hall–Kier alpha value is -0.670. The van der Waals surface area contributed by atoms with Crippen LogP contribution in [0.1, 0.15) is 38.3 Å². The van der Waals surface area contributed by atoms with E-state index in [2.05, 4.69) is 60.1 Å². The summed E-state index contributed by atoms with van der Waals surface area (Å²) in [7, 11) is 0. The number of hydrogen-bond acceptors (Lipinski definition) is 3. The van der Waals surface area contributed by atoms with Crippen LogP contribution in [-0.4, -0.2) is 31.1 Å². The van der Waals surface area contributed by atoms with Crippen molar-refractivity contribution in [1.29, 1.82) is 0 Å². The topological polar surface area (TPSA) is 15.3 Å². The molecule has 1 aliphatic heterocycles. The molecule has 19 heavy (non-hydrogen) atoms. The molecule has 0 aromatic heterocycles. The summed E-state index contributed by atoms with van der Waals surface area (Å²) in [5.41, 5.74) is 2.81. The van der Waals surface area contributed by atoms with E-state index < -0.39 is 0 Å². The Labute approximate surface area is 122 Å². The standard InChI is InChI=1S/C16H26N2S/c1-3-9-17-16(4-2)14-5-7-15(8-6-14)18-10-12-19-13-11-18/h5-8,16-17H,3-4,9-13H2,1-2H3. The summed E-state index contributed by atoms with van der Waals surface area (Å²) in [6, 6.07) is 9.69. The average Bonchev–Trinajstić information content (AvgIpc) is 2.49. The molecule has 2 rings (SSSR count). The molecule has 1 N–H and O–H groups in total. The molecule has 3 heteroatoms. The molecule has 1 aromatic carbocycles. The van der Waals surface area contributed by atoms with E-state index in [0.717, 1.165) is 13.0 Å². The van der Waals surface area contributed by atoms with Crippen LogP contribution >= 0.6 is 11.8 Å². The summed E-state index contributed by atoms with van der Waals surface area (Å²) in [4.78, 5) is 2.50. The maximum Gasteiger partial charge on any atom is 0.0366 e. The van der Waals surface area contributed by atoms with Crippen LogP contribution in [0, 0.1) is 0 Å². The highest BCUT2D eigenvalue weighted by atomic mass is 32.2. The van der Waals surface area contributed by atoms with E-state index in [4.69, 9.17) is 0 Å². The largest absolute Gasteiger partial charge is 0.370 e. The summed E-state index contributed by atoms with van der Waals surface area (Å²) in [5.74, 6) is 2.52. The smallest absolute Gasteiger partial charge is 0.0366 e. The first-order valence-electron chi connectivity index (χ1n) is 7.51. The van der Waals surface area contributed by atoms with Gasteiger partial charge in [-0.2, -0.15) is 11.8 Å². The van der Waals surface area contributed by atoms with Crippen LogP contribution in [0.2, 0.25) is 0 Å². The number of thioether (sulfide) groups is 1. The normalized spacial score (nSPS) is 17.5. The van der Waals surface area contributed by atoms with Crippen LogP contribution in [0.15, 0.2) is 24.3 Å². The first-order valence-corrected chi connectivity index (χ1v) is 8.66. The molecule has 0 bridgehead atoms. The third-order valence-electron chi connectivity index (χ3n) is 3.72. The Balaban J connectivity index is 1.99. The van der Waals surface area contributed by atoms with Crippen molar-refractivity contribution in [2.24, 2.45) is 0 Å². The van der Waals surface area contributed by atoms with Crippen molar-refractivity contribution in [1.82, 2.24) is 5.32 Å².